The fourth-order valence-electron chi connectivity index (χ4n) is 2.19. The van der Waals surface area contributed by atoms with E-state index in [0.717, 1.165) is 5.39 Å². The summed E-state index contributed by atoms with van der Waals surface area (Å²) >= 11 is 5.75. The number of benzene rings is 2. The molecule has 0 fully saturated rings. The van der Waals surface area contributed by atoms with Crippen molar-refractivity contribution >= 4 is 46.2 Å². The molecule has 26 heavy (non-hydrogen) atoms. The van der Waals surface area contributed by atoms with Gasteiger partial charge in [-0.15, -0.1) is 0 Å². The molecule has 3 N–H and O–H groups in total. The summed E-state index contributed by atoms with van der Waals surface area (Å²) in [5.41, 5.74) is 3.09. The highest BCUT2D eigenvalue weighted by Gasteiger charge is 2.12. The minimum atomic E-state index is -0.964. The maximum atomic E-state index is 12.0. The first kappa shape index (κ1) is 17.4. The average molecular weight is 369 g/mol. The van der Waals surface area contributed by atoms with Gasteiger partial charge >= 0.3 is 11.8 Å². The zero-order valence-corrected chi connectivity index (χ0v) is 14.1. The van der Waals surface area contributed by atoms with Crippen molar-refractivity contribution in [3.05, 3.63) is 75.5 Å². The number of nitrogens with one attached hydrogen (secondary N) is 3. The number of amides is 2. The summed E-state index contributed by atoms with van der Waals surface area (Å²) in [5.74, 6) is -1.86. The lowest BCUT2D eigenvalue weighted by atomic mass is 10.2. The third-order valence-corrected chi connectivity index (χ3v) is 3.71. The Morgan fingerprint density at radius 2 is 1.77 bits per heavy atom. The molecule has 3 aromatic rings. The molecule has 0 aliphatic heterocycles. The quantitative estimate of drug-likeness (QED) is 0.375. The fourth-order valence-corrected chi connectivity index (χ4v) is 2.32. The number of rotatable bonds is 3. The zero-order chi connectivity index (χ0) is 18.5. The number of aromatic amines is 1. The third kappa shape index (κ3) is 4.14. The molecule has 0 spiro atoms. The van der Waals surface area contributed by atoms with E-state index in [2.05, 4.69) is 20.8 Å². The molecule has 0 saturated carbocycles. The van der Waals surface area contributed by atoms with Crippen LogP contribution in [0.5, 0.6) is 0 Å². The first-order valence-corrected chi connectivity index (χ1v) is 7.93. The van der Waals surface area contributed by atoms with Crippen molar-refractivity contribution in [2.75, 3.05) is 5.32 Å². The first-order valence-electron chi connectivity index (χ1n) is 7.55. The molecule has 2 amide bonds. The number of pyridine rings is 1. The fraction of sp³-hybridized carbons (Fsp3) is 0. The van der Waals surface area contributed by atoms with Crippen molar-refractivity contribution in [2.24, 2.45) is 5.10 Å². The van der Waals surface area contributed by atoms with Gasteiger partial charge in [-0.2, -0.15) is 5.10 Å². The van der Waals surface area contributed by atoms with Crippen LogP contribution < -0.4 is 16.3 Å². The van der Waals surface area contributed by atoms with Crippen LogP contribution in [0.1, 0.15) is 5.56 Å². The summed E-state index contributed by atoms with van der Waals surface area (Å²) < 4.78 is 0. The minimum Gasteiger partial charge on any atom is -0.321 e. The molecule has 2 aromatic carbocycles. The average Bonchev–Trinajstić information content (AvgIpc) is 2.63. The number of hydrogen-bond acceptors (Lipinski definition) is 4. The second-order valence-electron chi connectivity index (χ2n) is 5.30. The van der Waals surface area contributed by atoms with Gasteiger partial charge in [0.1, 0.15) is 0 Å². The van der Waals surface area contributed by atoms with Crippen LogP contribution in [0.15, 0.2) is 64.5 Å². The van der Waals surface area contributed by atoms with Crippen LogP contribution in [0, 0.1) is 0 Å². The van der Waals surface area contributed by atoms with E-state index < -0.39 is 11.8 Å². The summed E-state index contributed by atoms with van der Waals surface area (Å²) in [6.45, 7) is 0. The molecule has 1 heterocycles. The van der Waals surface area contributed by atoms with Gasteiger partial charge in [0.25, 0.3) is 5.56 Å². The molecular weight excluding hydrogens is 356 g/mol. The number of para-hydroxylation sites is 1. The number of H-pyrrole nitrogens is 1. The smallest absolute Gasteiger partial charge is 0.321 e. The van der Waals surface area contributed by atoms with E-state index in [4.69, 9.17) is 11.6 Å². The molecule has 7 nitrogen and oxygen atoms in total. The molecule has 0 aliphatic carbocycles. The van der Waals surface area contributed by atoms with Crippen LogP contribution in [0.4, 0.5) is 5.69 Å². The van der Waals surface area contributed by atoms with E-state index in [9.17, 15) is 14.4 Å². The lowest BCUT2D eigenvalue weighted by molar-refractivity contribution is -0.136. The number of hydrogen-bond donors (Lipinski definition) is 3. The van der Waals surface area contributed by atoms with Crippen molar-refractivity contribution in [3.63, 3.8) is 0 Å². The molecule has 130 valence electrons. The molecule has 0 atom stereocenters. The summed E-state index contributed by atoms with van der Waals surface area (Å²) in [6, 6.07) is 15.2. The van der Waals surface area contributed by atoms with Crippen LogP contribution in [-0.4, -0.2) is 23.0 Å². The summed E-state index contributed by atoms with van der Waals surface area (Å²) in [7, 11) is 0. The Morgan fingerprint density at radius 1 is 1.04 bits per heavy atom. The number of halogens is 1. The van der Waals surface area contributed by atoms with E-state index >= 15 is 0 Å². The number of aromatic nitrogens is 1. The predicted octanol–water partition coefficient (Wildman–Crippen LogP) is 2.27. The maximum absolute atomic E-state index is 12.0. The highest BCUT2D eigenvalue weighted by atomic mass is 35.5. The Labute approximate surface area is 152 Å². The summed E-state index contributed by atoms with van der Waals surface area (Å²) in [4.78, 5) is 38.2. The van der Waals surface area contributed by atoms with Crippen molar-refractivity contribution in [2.45, 2.75) is 0 Å². The first-order chi connectivity index (χ1) is 12.5. The van der Waals surface area contributed by atoms with Gasteiger partial charge in [-0.1, -0.05) is 29.8 Å². The van der Waals surface area contributed by atoms with Crippen molar-refractivity contribution in [1.29, 1.82) is 0 Å². The number of carbonyl (C=O) groups excluding carboxylic acids is 2. The highest BCUT2D eigenvalue weighted by molar-refractivity contribution is 6.39. The second-order valence-corrected chi connectivity index (χ2v) is 5.74. The van der Waals surface area contributed by atoms with Crippen LogP contribution in [0.3, 0.4) is 0 Å². The Balaban J connectivity index is 1.65. The molecule has 0 unspecified atom stereocenters. The number of anilines is 1. The normalized spacial score (nSPS) is 10.8. The standard InChI is InChI=1S/C18H13ClN4O3/c19-13-5-7-14(8-6-13)21-17(25)18(26)23-20-10-12-9-11-3-1-2-4-15(11)22-16(12)24/h1-10H,(H,21,25)(H,22,24)(H,23,26)/b20-10-. The predicted molar refractivity (Wildman–Crippen MR) is 100 cm³/mol. The largest absolute Gasteiger partial charge is 0.329 e. The molecule has 0 aliphatic rings. The van der Waals surface area contributed by atoms with E-state index in [1.807, 2.05) is 18.2 Å². The molecule has 3 rings (SSSR count). The summed E-state index contributed by atoms with van der Waals surface area (Å²) in [6.07, 6.45) is 1.18. The molecule has 0 radical (unpaired) electrons. The number of carbonyl (C=O) groups is 2. The third-order valence-electron chi connectivity index (χ3n) is 3.46. The number of hydrazone groups is 1. The van der Waals surface area contributed by atoms with Crippen LogP contribution in [0.25, 0.3) is 10.9 Å². The van der Waals surface area contributed by atoms with Gasteiger partial charge in [0.2, 0.25) is 0 Å². The van der Waals surface area contributed by atoms with Gasteiger partial charge in [-0.05, 0) is 41.8 Å². The molecule has 0 bridgehead atoms. The van der Waals surface area contributed by atoms with Crippen LogP contribution in [0.2, 0.25) is 5.02 Å². The monoisotopic (exact) mass is 368 g/mol. The van der Waals surface area contributed by atoms with Crippen molar-refractivity contribution in [3.8, 4) is 0 Å². The lowest BCUT2D eigenvalue weighted by Gasteiger charge is -2.03. The minimum absolute atomic E-state index is 0.252. The van der Waals surface area contributed by atoms with Crippen LogP contribution >= 0.6 is 11.6 Å². The van der Waals surface area contributed by atoms with E-state index in [1.165, 1.54) is 6.21 Å². The second kappa shape index (κ2) is 7.62. The number of fused-ring (bicyclic) bond motifs is 1. The van der Waals surface area contributed by atoms with Gasteiger partial charge in [0.15, 0.2) is 0 Å². The molecular formula is C18H13ClN4O3. The van der Waals surface area contributed by atoms with Crippen molar-refractivity contribution in [1.82, 2.24) is 10.4 Å². The molecule has 1 aromatic heterocycles. The van der Waals surface area contributed by atoms with Gasteiger partial charge in [-0.3, -0.25) is 14.4 Å². The maximum Gasteiger partial charge on any atom is 0.329 e. The van der Waals surface area contributed by atoms with Gasteiger partial charge < -0.3 is 10.3 Å². The molecule has 0 saturated heterocycles. The SMILES string of the molecule is O=C(N/N=C\c1cc2ccccc2[nH]c1=O)C(=O)Nc1ccc(Cl)cc1. The Bertz CT molecular complexity index is 1060. The topological polar surface area (TPSA) is 103 Å². The van der Waals surface area contributed by atoms with Crippen molar-refractivity contribution < 1.29 is 9.59 Å². The van der Waals surface area contributed by atoms with E-state index in [-0.39, 0.29) is 11.1 Å². The highest BCUT2D eigenvalue weighted by Crippen LogP contribution is 2.13. The number of nitrogens with zero attached hydrogens (tertiary/aromatic N) is 1. The van der Waals surface area contributed by atoms with E-state index in [1.54, 1.807) is 36.4 Å². The van der Waals surface area contributed by atoms with E-state index in [0.29, 0.717) is 16.2 Å². The zero-order valence-electron chi connectivity index (χ0n) is 13.3. The Hall–Kier alpha value is -3.45. The molecule has 8 heteroatoms. The van der Waals surface area contributed by atoms with Gasteiger partial charge in [0.05, 0.1) is 11.8 Å². The Kier molecular flexibility index (Phi) is 5.09. The van der Waals surface area contributed by atoms with Gasteiger partial charge in [0, 0.05) is 16.2 Å². The summed E-state index contributed by atoms with van der Waals surface area (Å²) in [5, 5.41) is 7.39. The Morgan fingerprint density at radius 3 is 2.54 bits per heavy atom. The van der Waals surface area contributed by atoms with Crippen LogP contribution in [-0.2, 0) is 9.59 Å². The van der Waals surface area contributed by atoms with Gasteiger partial charge in [-0.25, -0.2) is 5.43 Å². The lowest BCUT2D eigenvalue weighted by Crippen LogP contribution is -2.32.